The second-order valence-electron chi connectivity index (χ2n) is 23.6. The summed E-state index contributed by atoms with van der Waals surface area (Å²) in [6, 6.07) is 17.2. The average Bonchev–Trinajstić information content (AvgIpc) is 3.21. The number of hydrogen-bond donors (Lipinski definition) is 0. The minimum absolute atomic E-state index is 0. The third-order valence-electron chi connectivity index (χ3n) is 12.7. The molecule has 0 spiro atoms. The number of carbonyl (C=O) groups excluding carboxylic acids is 2. The first-order valence-corrected chi connectivity index (χ1v) is 28.9. The van der Waals surface area contributed by atoms with Crippen LogP contribution in [-0.4, -0.2) is 67.6 Å². The van der Waals surface area contributed by atoms with Gasteiger partial charge in [0.25, 0.3) is 0 Å². The van der Waals surface area contributed by atoms with E-state index >= 15 is 0 Å². The molecule has 0 aliphatic heterocycles. The van der Waals surface area contributed by atoms with Crippen molar-refractivity contribution in [2.75, 3.05) is 38.9 Å². The van der Waals surface area contributed by atoms with E-state index in [-0.39, 0.29) is 124 Å². The van der Waals surface area contributed by atoms with E-state index in [9.17, 15) is 26.4 Å². The molecule has 0 radical (unpaired) electrons. The van der Waals surface area contributed by atoms with Crippen LogP contribution in [0.2, 0.25) is 0 Å². The van der Waals surface area contributed by atoms with Crippen molar-refractivity contribution in [3.8, 4) is 23.0 Å². The van der Waals surface area contributed by atoms with Crippen molar-refractivity contribution in [2.45, 2.75) is 170 Å². The van der Waals surface area contributed by atoms with Crippen LogP contribution in [0, 0.1) is 0 Å². The Balaban J connectivity index is 0.00000722. The summed E-state index contributed by atoms with van der Waals surface area (Å²) in [7, 11) is -7.99. The quantitative estimate of drug-likeness (QED) is 0.0798. The van der Waals surface area contributed by atoms with Gasteiger partial charge >= 0.3 is 103 Å². The summed E-state index contributed by atoms with van der Waals surface area (Å²) in [4.78, 5) is 26.6. The molecule has 4 aromatic rings. The molecule has 5 rings (SSSR count). The molecule has 0 atom stereocenters. The van der Waals surface area contributed by atoms with Crippen molar-refractivity contribution in [1.29, 1.82) is 0 Å². The second-order valence-corrected chi connectivity index (χ2v) is 26.9. The predicted molar refractivity (Wildman–Crippen MR) is 290 cm³/mol. The zero-order chi connectivity index (χ0) is 53.8. The molecule has 12 nitrogen and oxygen atoms in total. The van der Waals surface area contributed by atoms with Crippen molar-refractivity contribution >= 4 is 31.9 Å². The maximum atomic E-state index is 13.3. The molecule has 8 bridgehead atoms. The average molecular weight is 1110 g/mol. The van der Waals surface area contributed by atoms with Crippen LogP contribution in [0.4, 0.5) is 0 Å². The molecule has 0 heterocycles. The number of rotatable bonds is 16. The number of benzene rings is 4. The van der Waals surface area contributed by atoms with Crippen LogP contribution in [0.25, 0.3) is 9.44 Å². The number of fused-ring (bicyclic) bond motifs is 8. The normalized spacial score (nSPS) is 13.2. The molecule has 396 valence electrons. The maximum Gasteiger partial charge on any atom is 1.00 e. The van der Waals surface area contributed by atoms with Crippen molar-refractivity contribution < 1.29 is 148 Å². The third-order valence-corrected chi connectivity index (χ3v) is 13.7. The van der Waals surface area contributed by atoms with E-state index in [2.05, 4.69) is 155 Å². The molecule has 1 aliphatic rings. The van der Waals surface area contributed by atoms with Crippen LogP contribution in [0.3, 0.4) is 0 Å². The number of ether oxygens (including phenoxy) is 4. The van der Waals surface area contributed by atoms with Crippen LogP contribution in [0.15, 0.2) is 48.5 Å². The van der Waals surface area contributed by atoms with Gasteiger partial charge in [-0.1, -0.05) is 158 Å². The Kier molecular flexibility index (Phi) is 24.2. The summed E-state index contributed by atoms with van der Waals surface area (Å²) < 4.78 is 82.9. The molecule has 4 aromatic carbocycles. The third kappa shape index (κ3) is 19.2. The zero-order valence-electron chi connectivity index (χ0n) is 47.9. The first kappa shape index (κ1) is 66.5. The number of unbranched alkanes of at least 4 members (excludes halogenated alkanes) is 2. The van der Waals surface area contributed by atoms with Gasteiger partial charge in [0.05, 0.1) is 33.3 Å². The fraction of sp³-hybridized carbons (Fsp3) is 0.552. The minimum atomic E-state index is -4.00. The maximum absolute atomic E-state index is 13.3. The van der Waals surface area contributed by atoms with E-state index in [0.717, 1.165) is 105 Å². The van der Waals surface area contributed by atoms with Crippen molar-refractivity contribution in [3.05, 3.63) is 125 Å². The van der Waals surface area contributed by atoms with Gasteiger partial charge in [0.15, 0.2) is 0 Å². The van der Waals surface area contributed by atoms with Crippen LogP contribution in [0.1, 0.15) is 189 Å². The molecule has 0 saturated heterocycles. The SMILES string of the molecule is CCCCOc1c2cc(C(C)(C)C)cc1Cc1cc(C(C)(C)C)cc(c1OCC(=O)[N-]S(C)(=O)=O)Cc1cc(C(C)(C)C)cc(c1OCCCC)Cc1cc(C(C)(C)C)cc(c1OCC(=O)[N-]S(C)(=O)=O)C2.[K+].[K+]. The molecule has 2 amide bonds. The Hall–Kier alpha value is -1.81. The Morgan fingerprint density at radius 3 is 0.797 bits per heavy atom. The number of sulfonamides is 2. The predicted octanol–water partition coefficient (Wildman–Crippen LogP) is 6.40. The second kappa shape index (κ2) is 26.9. The number of nitrogens with zero attached hydrogens (tertiary/aromatic N) is 2. The Bertz CT molecular complexity index is 2580. The van der Waals surface area contributed by atoms with Gasteiger partial charge in [-0.05, 0) is 101 Å². The van der Waals surface area contributed by atoms with Crippen LogP contribution < -0.4 is 122 Å². The summed E-state index contributed by atoms with van der Waals surface area (Å²) in [5, 5.41) is 0. The fourth-order valence-electron chi connectivity index (χ4n) is 8.69. The molecule has 1 aliphatic carbocycles. The van der Waals surface area contributed by atoms with Crippen molar-refractivity contribution in [3.63, 3.8) is 0 Å². The van der Waals surface area contributed by atoms with E-state index in [0.29, 0.717) is 61.9 Å². The van der Waals surface area contributed by atoms with E-state index in [1.807, 2.05) is 0 Å². The van der Waals surface area contributed by atoms with E-state index in [1.54, 1.807) is 0 Å². The molecule has 0 N–H and O–H groups in total. The summed E-state index contributed by atoms with van der Waals surface area (Å²) >= 11 is 0. The Labute approximate surface area is 529 Å². The van der Waals surface area contributed by atoms with Gasteiger partial charge in [-0.2, -0.15) is 0 Å². The van der Waals surface area contributed by atoms with Gasteiger partial charge in [0, 0.05) is 38.2 Å². The van der Waals surface area contributed by atoms with Crippen LogP contribution >= 0.6 is 0 Å². The monoisotopic (exact) mass is 1110 g/mol. The first-order chi connectivity index (χ1) is 33.2. The molecule has 0 saturated carbocycles. The summed E-state index contributed by atoms with van der Waals surface area (Å²) in [6.45, 7) is 29.8. The van der Waals surface area contributed by atoms with Crippen LogP contribution in [0.5, 0.6) is 23.0 Å². The minimum Gasteiger partial charge on any atom is -0.543 e. The van der Waals surface area contributed by atoms with E-state index in [4.69, 9.17) is 18.9 Å². The van der Waals surface area contributed by atoms with Gasteiger partial charge in [-0.25, -0.2) is 16.8 Å². The molecule has 0 unspecified atom stereocenters. The van der Waals surface area contributed by atoms with Gasteiger partial charge in [0.2, 0.25) is 0 Å². The van der Waals surface area contributed by atoms with Crippen molar-refractivity contribution in [2.24, 2.45) is 0 Å². The van der Waals surface area contributed by atoms with Crippen molar-refractivity contribution in [1.82, 2.24) is 0 Å². The molecule has 16 heteroatoms. The van der Waals surface area contributed by atoms with E-state index in [1.165, 1.54) is 0 Å². The van der Waals surface area contributed by atoms with Crippen LogP contribution in [-0.2, 0) is 77.0 Å². The molecule has 0 fully saturated rings. The number of carbonyl (C=O) groups is 2. The molecular formula is C58H80K2N2O10S2. The number of hydrogen-bond acceptors (Lipinski definition) is 10. The largest absolute Gasteiger partial charge is 1.00 e. The smallest absolute Gasteiger partial charge is 0.543 e. The van der Waals surface area contributed by atoms with Gasteiger partial charge in [-0.15, -0.1) is 0 Å². The topological polar surface area (TPSA) is 168 Å². The molecule has 0 aromatic heterocycles. The number of amides is 2. The summed E-state index contributed by atoms with van der Waals surface area (Å²) in [5.41, 5.74) is 9.50. The zero-order valence-corrected chi connectivity index (χ0v) is 55.8. The Morgan fingerprint density at radius 2 is 0.622 bits per heavy atom. The Morgan fingerprint density at radius 1 is 0.419 bits per heavy atom. The van der Waals surface area contributed by atoms with E-state index < -0.39 is 45.1 Å². The summed E-state index contributed by atoms with van der Waals surface area (Å²) in [6.07, 6.45) is 6.41. The van der Waals surface area contributed by atoms with Gasteiger partial charge < -0.3 is 38.0 Å². The molecule has 74 heavy (non-hydrogen) atoms. The standard InChI is InChI=1S/C58H82N2O10S2.2K/c1-17-19-21-67-51-37-23-41-31-47(57(9,10)11)33-43(53(41)69-35-49(61)59-71(15,63)64)25-39-29-46(56(6,7)8)30-40(52(39)68-22-20-18-2)26-44-34-48(58(12,13)14)32-42(24-38(51)28-45(27-37)55(3,4)5)54(44)70-36-50(62)60-72(16,65)66;;/h27-34H,17-26,35-36H2,1-16H3,(H2,59,60,61,62);;/q;2*+1/p-2. The fourth-order valence-corrected chi connectivity index (χ4v) is 9.54. The molecular weight excluding hydrogens is 1030 g/mol. The first-order valence-electron chi connectivity index (χ1n) is 25.2. The summed E-state index contributed by atoms with van der Waals surface area (Å²) in [5.74, 6) is 0.442. The van der Waals surface area contributed by atoms with Gasteiger partial charge in [-0.3, -0.25) is 0 Å². The van der Waals surface area contributed by atoms with Gasteiger partial charge in [0.1, 0.15) is 48.0 Å².